The van der Waals surface area contributed by atoms with E-state index < -0.39 is 0 Å². The van der Waals surface area contributed by atoms with Crippen LogP contribution in [0.5, 0.6) is 5.75 Å². The van der Waals surface area contributed by atoms with Gasteiger partial charge in [0.15, 0.2) is 0 Å². The minimum atomic E-state index is -0.388. The third-order valence-electron chi connectivity index (χ3n) is 4.15. The molecule has 23 heavy (non-hydrogen) atoms. The fraction of sp³-hybridized carbons (Fsp3) is 0.588. The number of carbonyl (C=O) groups excluding carboxylic acids is 1. The average molecular weight is 341 g/mol. The lowest BCUT2D eigenvalue weighted by molar-refractivity contribution is -0.131. The summed E-state index contributed by atoms with van der Waals surface area (Å²) < 4.78 is 10.7. The molecule has 0 bridgehead atoms. The molecule has 1 fully saturated rings. The van der Waals surface area contributed by atoms with Crippen LogP contribution in [0.3, 0.4) is 0 Å². The van der Waals surface area contributed by atoms with Gasteiger partial charge in [-0.05, 0) is 44.0 Å². The molecule has 6 heteroatoms. The maximum Gasteiger partial charge on any atom is 0.249 e. The van der Waals surface area contributed by atoms with Crippen molar-refractivity contribution in [1.29, 1.82) is 0 Å². The van der Waals surface area contributed by atoms with E-state index in [0.29, 0.717) is 11.6 Å². The summed E-state index contributed by atoms with van der Waals surface area (Å²) in [6.45, 7) is 5.24. The minimum Gasteiger partial charge on any atom is -0.492 e. The van der Waals surface area contributed by atoms with Crippen molar-refractivity contribution in [3.63, 3.8) is 0 Å². The molecular formula is C17H25ClN2O3. The summed E-state index contributed by atoms with van der Waals surface area (Å²) in [7, 11) is 1.55. The molecule has 0 saturated carbocycles. The van der Waals surface area contributed by atoms with Gasteiger partial charge < -0.3 is 14.8 Å². The smallest absolute Gasteiger partial charge is 0.249 e. The molecule has 1 saturated heterocycles. The minimum absolute atomic E-state index is 0.0305. The van der Waals surface area contributed by atoms with Gasteiger partial charge in [0.25, 0.3) is 0 Å². The molecule has 0 spiro atoms. The summed E-state index contributed by atoms with van der Waals surface area (Å²) in [6, 6.07) is 7.65. The van der Waals surface area contributed by atoms with Gasteiger partial charge in [0.2, 0.25) is 5.91 Å². The molecule has 1 unspecified atom stereocenters. The second-order valence-electron chi connectivity index (χ2n) is 5.80. The van der Waals surface area contributed by atoms with Gasteiger partial charge >= 0.3 is 0 Å². The number of hydrogen-bond acceptors (Lipinski definition) is 4. The number of likely N-dealkylation sites (tertiary alicyclic amines) is 1. The lowest BCUT2D eigenvalue weighted by Gasteiger charge is -2.32. The molecular weight excluding hydrogens is 316 g/mol. The van der Waals surface area contributed by atoms with E-state index >= 15 is 0 Å². The Kier molecular flexibility index (Phi) is 7.15. The second-order valence-corrected chi connectivity index (χ2v) is 6.24. The van der Waals surface area contributed by atoms with E-state index in [1.807, 2.05) is 24.3 Å². The predicted molar refractivity (Wildman–Crippen MR) is 91.0 cm³/mol. The zero-order valence-electron chi connectivity index (χ0n) is 13.8. The van der Waals surface area contributed by atoms with Gasteiger partial charge in [-0.3, -0.25) is 9.69 Å². The van der Waals surface area contributed by atoms with Crippen LogP contribution in [0.15, 0.2) is 24.3 Å². The number of rotatable bonds is 7. The number of ether oxygens (including phenoxy) is 2. The van der Waals surface area contributed by atoms with Crippen molar-refractivity contribution in [2.75, 3.05) is 33.4 Å². The number of nitrogens with one attached hydrogen (secondary N) is 1. The number of hydrogen-bond donors (Lipinski definition) is 1. The van der Waals surface area contributed by atoms with E-state index in [1.54, 1.807) is 14.0 Å². The number of benzene rings is 1. The van der Waals surface area contributed by atoms with Crippen LogP contribution in [0.25, 0.3) is 0 Å². The normalized spacial score (nSPS) is 17.7. The zero-order chi connectivity index (χ0) is 16.7. The first kappa shape index (κ1) is 18.0. The first-order chi connectivity index (χ1) is 11.1. The van der Waals surface area contributed by atoms with E-state index in [1.165, 1.54) is 0 Å². The highest BCUT2D eigenvalue weighted by Gasteiger charge is 2.22. The summed E-state index contributed by atoms with van der Waals surface area (Å²) in [5.74, 6) is 0.808. The van der Waals surface area contributed by atoms with Crippen LogP contribution in [0.1, 0.15) is 19.8 Å². The standard InChI is InChI=1S/C17H25ClN2O3/c1-13(22-2)17(21)19-15-7-9-20(10-8-15)11-12-23-16-5-3-14(18)4-6-16/h3-6,13,15H,7-12H2,1-2H3,(H,19,21). The summed E-state index contributed by atoms with van der Waals surface area (Å²) in [4.78, 5) is 14.2. The Morgan fingerprint density at radius 3 is 2.61 bits per heavy atom. The SMILES string of the molecule is COC(C)C(=O)NC1CCN(CCOc2ccc(Cl)cc2)CC1. The molecule has 0 radical (unpaired) electrons. The number of carbonyl (C=O) groups is 1. The Labute approximate surface area is 142 Å². The number of methoxy groups -OCH3 is 1. The maximum atomic E-state index is 11.8. The van der Waals surface area contributed by atoms with Crippen LogP contribution in [0, 0.1) is 0 Å². The molecule has 0 aliphatic carbocycles. The van der Waals surface area contributed by atoms with Gasteiger partial charge in [0.1, 0.15) is 18.5 Å². The number of amides is 1. The van der Waals surface area contributed by atoms with Crippen molar-refractivity contribution >= 4 is 17.5 Å². The van der Waals surface area contributed by atoms with Gasteiger partial charge in [0.05, 0.1) is 0 Å². The lowest BCUT2D eigenvalue weighted by Crippen LogP contribution is -2.47. The van der Waals surface area contributed by atoms with Gasteiger partial charge in [0, 0.05) is 37.8 Å². The Morgan fingerprint density at radius 1 is 1.35 bits per heavy atom. The summed E-state index contributed by atoms with van der Waals surface area (Å²) >= 11 is 5.84. The molecule has 2 rings (SSSR count). The van der Waals surface area contributed by atoms with Crippen molar-refractivity contribution in [1.82, 2.24) is 10.2 Å². The van der Waals surface area contributed by atoms with Crippen LogP contribution in [-0.4, -0.2) is 56.3 Å². The van der Waals surface area contributed by atoms with Crippen molar-refractivity contribution < 1.29 is 14.3 Å². The second kappa shape index (κ2) is 9.11. The summed E-state index contributed by atoms with van der Waals surface area (Å²) in [6.07, 6.45) is 1.53. The number of nitrogens with zero attached hydrogens (tertiary/aromatic N) is 1. The van der Waals surface area contributed by atoms with Gasteiger partial charge in [-0.25, -0.2) is 0 Å². The highest BCUT2D eigenvalue weighted by Crippen LogP contribution is 2.16. The van der Waals surface area contributed by atoms with Gasteiger partial charge in [-0.1, -0.05) is 11.6 Å². The molecule has 1 aliphatic rings. The van der Waals surface area contributed by atoms with Crippen LogP contribution >= 0.6 is 11.6 Å². The highest BCUT2D eigenvalue weighted by atomic mass is 35.5. The first-order valence-corrected chi connectivity index (χ1v) is 8.40. The van der Waals surface area contributed by atoms with Crippen LogP contribution in [0.4, 0.5) is 0 Å². The quantitative estimate of drug-likeness (QED) is 0.827. The number of halogens is 1. The van der Waals surface area contributed by atoms with E-state index in [4.69, 9.17) is 21.1 Å². The third-order valence-corrected chi connectivity index (χ3v) is 4.40. The van der Waals surface area contributed by atoms with E-state index in [0.717, 1.165) is 38.2 Å². The monoisotopic (exact) mass is 340 g/mol. The van der Waals surface area contributed by atoms with Crippen molar-refractivity contribution in [2.24, 2.45) is 0 Å². The molecule has 5 nitrogen and oxygen atoms in total. The molecule has 0 aromatic heterocycles. The van der Waals surface area contributed by atoms with Gasteiger partial charge in [-0.15, -0.1) is 0 Å². The molecule has 1 heterocycles. The molecule has 128 valence electrons. The Hall–Kier alpha value is -1.30. The largest absolute Gasteiger partial charge is 0.492 e. The van der Waals surface area contributed by atoms with E-state index in [9.17, 15) is 4.79 Å². The Morgan fingerprint density at radius 2 is 2.00 bits per heavy atom. The van der Waals surface area contributed by atoms with Gasteiger partial charge in [-0.2, -0.15) is 0 Å². The summed E-state index contributed by atoms with van der Waals surface area (Å²) in [5, 5.41) is 3.76. The van der Waals surface area contributed by atoms with E-state index in [2.05, 4.69) is 10.2 Å². The molecule has 1 atom stereocenters. The molecule has 1 aromatic rings. The predicted octanol–water partition coefficient (Wildman–Crippen LogP) is 2.33. The summed E-state index contributed by atoms with van der Waals surface area (Å²) in [5.41, 5.74) is 0. The van der Waals surface area contributed by atoms with Crippen LogP contribution in [0.2, 0.25) is 5.02 Å². The van der Waals surface area contributed by atoms with Crippen LogP contribution in [-0.2, 0) is 9.53 Å². The molecule has 1 amide bonds. The molecule has 1 N–H and O–H groups in total. The molecule has 1 aromatic carbocycles. The van der Waals surface area contributed by atoms with E-state index in [-0.39, 0.29) is 18.1 Å². The Bertz CT molecular complexity index is 487. The lowest BCUT2D eigenvalue weighted by atomic mass is 10.0. The number of piperidine rings is 1. The average Bonchev–Trinajstić information content (AvgIpc) is 2.57. The third kappa shape index (κ3) is 6.01. The zero-order valence-corrected chi connectivity index (χ0v) is 14.5. The Balaban J connectivity index is 1.63. The van der Waals surface area contributed by atoms with Crippen LogP contribution < -0.4 is 10.1 Å². The first-order valence-electron chi connectivity index (χ1n) is 8.02. The van der Waals surface area contributed by atoms with Crippen molar-refractivity contribution in [3.05, 3.63) is 29.3 Å². The fourth-order valence-corrected chi connectivity index (χ4v) is 2.68. The maximum absolute atomic E-state index is 11.8. The highest BCUT2D eigenvalue weighted by molar-refractivity contribution is 6.30. The van der Waals surface area contributed by atoms with Crippen molar-refractivity contribution in [2.45, 2.75) is 31.9 Å². The van der Waals surface area contributed by atoms with Crippen molar-refractivity contribution in [3.8, 4) is 5.75 Å². The topological polar surface area (TPSA) is 50.8 Å². The fourth-order valence-electron chi connectivity index (χ4n) is 2.55. The molecule has 1 aliphatic heterocycles.